The van der Waals surface area contributed by atoms with Crippen molar-refractivity contribution in [1.82, 2.24) is 4.90 Å². The topological polar surface area (TPSA) is 59.8 Å². The number of hydrogen-bond donors (Lipinski definition) is 0. The summed E-state index contributed by atoms with van der Waals surface area (Å²) in [5, 5.41) is 0.817. The average molecular weight is 412 g/mol. The van der Waals surface area contributed by atoms with Gasteiger partial charge in [-0.1, -0.05) is 43.5 Å². The summed E-state index contributed by atoms with van der Waals surface area (Å²) >= 11 is 6.07. The van der Waals surface area contributed by atoms with E-state index in [0.29, 0.717) is 28.2 Å². The third-order valence-electron chi connectivity index (χ3n) is 5.25. The van der Waals surface area contributed by atoms with Crippen LogP contribution in [0.2, 0.25) is 5.02 Å². The molecular formula is C23H22ClNO4. The second-order valence-corrected chi connectivity index (χ2v) is 7.70. The molecule has 1 atom stereocenters. The summed E-state index contributed by atoms with van der Waals surface area (Å²) in [6, 6.07) is 11.8. The van der Waals surface area contributed by atoms with Crippen molar-refractivity contribution >= 4 is 28.5 Å². The Balaban J connectivity index is 1.77. The first kappa shape index (κ1) is 19.5. The van der Waals surface area contributed by atoms with Crippen molar-refractivity contribution in [1.29, 1.82) is 0 Å². The Labute approximate surface area is 173 Å². The standard InChI is InChI=1S/C23H22ClNO4/c1-3-4-5-11-28-16-8-6-7-14(12-16)20-19-21(26)17-13-15(24)9-10-18(17)29-22(19)23(27)25(20)2/h6-10,12-13,20H,3-5,11H2,1-2H3. The quantitative estimate of drug-likeness (QED) is 0.523. The minimum absolute atomic E-state index is 0.0894. The highest BCUT2D eigenvalue weighted by Crippen LogP contribution is 2.38. The second kappa shape index (κ2) is 7.91. The van der Waals surface area contributed by atoms with Crippen molar-refractivity contribution < 1.29 is 13.9 Å². The highest BCUT2D eigenvalue weighted by molar-refractivity contribution is 6.31. The highest BCUT2D eigenvalue weighted by Gasteiger charge is 2.40. The van der Waals surface area contributed by atoms with Gasteiger partial charge < -0.3 is 14.1 Å². The molecule has 5 nitrogen and oxygen atoms in total. The number of nitrogens with zero attached hydrogens (tertiary/aromatic N) is 1. The highest BCUT2D eigenvalue weighted by atomic mass is 35.5. The molecule has 1 aromatic heterocycles. The summed E-state index contributed by atoms with van der Waals surface area (Å²) in [6.45, 7) is 2.78. The molecule has 2 aromatic carbocycles. The van der Waals surface area contributed by atoms with Crippen LogP contribution in [-0.2, 0) is 0 Å². The molecule has 1 amide bonds. The molecule has 1 aliphatic rings. The van der Waals surface area contributed by atoms with E-state index in [4.69, 9.17) is 20.8 Å². The van der Waals surface area contributed by atoms with Crippen molar-refractivity contribution in [3.63, 3.8) is 0 Å². The molecule has 0 spiro atoms. The van der Waals surface area contributed by atoms with E-state index < -0.39 is 6.04 Å². The van der Waals surface area contributed by atoms with Crippen LogP contribution in [0.15, 0.2) is 51.7 Å². The van der Waals surface area contributed by atoms with E-state index >= 15 is 0 Å². The summed E-state index contributed by atoms with van der Waals surface area (Å²) < 4.78 is 11.7. The van der Waals surface area contributed by atoms with Gasteiger partial charge in [0.25, 0.3) is 5.91 Å². The number of hydrogen-bond acceptors (Lipinski definition) is 4. The lowest BCUT2D eigenvalue weighted by Gasteiger charge is -2.21. The predicted octanol–water partition coefficient (Wildman–Crippen LogP) is 5.19. The Bertz CT molecular complexity index is 1140. The lowest BCUT2D eigenvalue weighted by Crippen LogP contribution is -2.25. The Morgan fingerprint density at radius 1 is 1.14 bits per heavy atom. The van der Waals surface area contributed by atoms with Crippen LogP contribution in [0.5, 0.6) is 5.75 Å². The predicted molar refractivity (Wildman–Crippen MR) is 113 cm³/mol. The lowest BCUT2D eigenvalue weighted by molar-refractivity contribution is 0.0771. The van der Waals surface area contributed by atoms with Crippen LogP contribution in [-0.4, -0.2) is 24.5 Å². The number of carbonyl (C=O) groups is 1. The summed E-state index contributed by atoms with van der Waals surface area (Å²) in [5.41, 5.74) is 1.27. The van der Waals surface area contributed by atoms with E-state index in [2.05, 4.69) is 6.92 Å². The van der Waals surface area contributed by atoms with Gasteiger partial charge in [-0.25, -0.2) is 0 Å². The first-order valence-electron chi connectivity index (χ1n) is 9.77. The van der Waals surface area contributed by atoms with Crippen LogP contribution in [0.4, 0.5) is 0 Å². The summed E-state index contributed by atoms with van der Waals surface area (Å²) in [7, 11) is 1.67. The van der Waals surface area contributed by atoms with Gasteiger partial charge in [-0.2, -0.15) is 0 Å². The average Bonchev–Trinajstić information content (AvgIpc) is 2.97. The van der Waals surface area contributed by atoms with Crippen LogP contribution in [0.25, 0.3) is 11.0 Å². The van der Waals surface area contributed by atoms with Gasteiger partial charge in [0.05, 0.1) is 23.6 Å². The number of fused-ring (bicyclic) bond motifs is 2. The molecule has 0 radical (unpaired) electrons. The molecule has 0 fully saturated rings. The van der Waals surface area contributed by atoms with Crippen LogP contribution < -0.4 is 10.2 Å². The van der Waals surface area contributed by atoms with Gasteiger partial charge in [-0.15, -0.1) is 0 Å². The molecule has 29 heavy (non-hydrogen) atoms. The van der Waals surface area contributed by atoms with Crippen molar-refractivity contribution in [2.75, 3.05) is 13.7 Å². The van der Waals surface area contributed by atoms with Gasteiger partial charge in [0.2, 0.25) is 5.76 Å². The number of unbranched alkanes of at least 4 members (excludes halogenated alkanes) is 2. The molecule has 6 heteroatoms. The number of halogens is 1. The maximum atomic E-state index is 13.2. The van der Waals surface area contributed by atoms with E-state index in [0.717, 1.165) is 30.6 Å². The maximum Gasteiger partial charge on any atom is 0.290 e. The minimum atomic E-state index is -0.531. The van der Waals surface area contributed by atoms with Crippen LogP contribution >= 0.6 is 11.6 Å². The van der Waals surface area contributed by atoms with Gasteiger partial charge in [0.1, 0.15) is 11.3 Å². The Morgan fingerprint density at radius 3 is 2.76 bits per heavy atom. The molecule has 1 unspecified atom stereocenters. The van der Waals surface area contributed by atoms with Crippen molar-refractivity contribution in [2.45, 2.75) is 32.2 Å². The van der Waals surface area contributed by atoms with Crippen LogP contribution in [0.1, 0.15) is 53.9 Å². The van der Waals surface area contributed by atoms with E-state index in [-0.39, 0.29) is 17.1 Å². The fourth-order valence-corrected chi connectivity index (χ4v) is 3.94. The van der Waals surface area contributed by atoms with Crippen molar-refractivity contribution in [3.8, 4) is 5.75 Å². The molecule has 0 saturated heterocycles. The third-order valence-corrected chi connectivity index (χ3v) is 5.49. The molecule has 4 rings (SSSR count). The van der Waals surface area contributed by atoms with E-state index in [1.54, 1.807) is 25.2 Å². The number of amides is 1. The van der Waals surface area contributed by atoms with Crippen LogP contribution in [0.3, 0.4) is 0 Å². The summed E-state index contributed by atoms with van der Waals surface area (Å²) in [5.74, 6) is 0.501. The fraction of sp³-hybridized carbons (Fsp3) is 0.304. The number of benzene rings is 2. The molecule has 0 bridgehead atoms. The molecule has 0 N–H and O–H groups in total. The smallest absolute Gasteiger partial charge is 0.290 e. The fourth-order valence-electron chi connectivity index (χ4n) is 3.77. The number of ether oxygens (including phenoxy) is 1. The first-order valence-corrected chi connectivity index (χ1v) is 10.1. The Morgan fingerprint density at radius 2 is 1.97 bits per heavy atom. The minimum Gasteiger partial charge on any atom is -0.494 e. The largest absolute Gasteiger partial charge is 0.494 e. The van der Waals surface area contributed by atoms with Gasteiger partial charge in [0.15, 0.2) is 5.43 Å². The monoisotopic (exact) mass is 411 g/mol. The third kappa shape index (κ3) is 3.51. The van der Waals surface area contributed by atoms with Gasteiger partial charge in [0, 0.05) is 12.1 Å². The lowest BCUT2D eigenvalue weighted by atomic mass is 9.98. The zero-order valence-electron chi connectivity index (χ0n) is 16.4. The molecule has 0 saturated carbocycles. The second-order valence-electron chi connectivity index (χ2n) is 7.26. The molecular weight excluding hydrogens is 390 g/mol. The summed E-state index contributed by atoms with van der Waals surface area (Å²) in [6.07, 6.45) is 3.23. The maximum absolute atomic E-state index is 13.2. The molecule has 2 heterocycles. The van der Waals surface area contributed by atoms with Gasteiger partial charge >= 0.3 is 0 Å². The molecule has 1 aliphatic heterocycles. The van der Waals surface area contributed by atoms with E-state index in [1.165, 1.54) is 4.90 Å². The molecule has 3 aromatic rings. The zero-order valence-corrected chi connectivity index (χ0v) is 17.2. The molecule has 0 aliphatic carbocycles. The Hall–Kier alpha value is -2.79. The number of rotatable bonds is 6. The van der Waals surface area contributed by atoms with E-state index in [9.17, 15) is 9.59 Å². The Kier molecular flexibility index (Phi) is 5.33. The van der Waals surface area contributed by atoms with Crippen LogP contribution in [0, 0.1) is 0 Å². The van der Waals surface area contributed by atoms with Gasteiger partial charge in [-0.3, -0.25) is 9.59 Å². The zero-order chi connectivity index (χ0) is 20.5. The van der Waals surface area contributed by atoms with Gasteiger partial charge in [-0.05, 0) is 42.3 Å². The normalized spacial score (nSPS) is 15.8. The SMILES string of the molecule is CCCCCOc1cccc(C2c3c(oc4ccc(Cl)cc4c3=O)C(=O)N2C)c1. The van der Waals surface area contributed by atoms with Crippen molar-refractivity contribution in [2.24, 2.45) is 0 Å². The van der Waals surface area contributed by atoms with E-state index in [1.807, 2.05) is 24.3 Å². The molecule has 150 valence electrons. The number of carbonyl (C=O) groups excluding carboxylic acids is 1. The van der Waals surface area contributed by atoms with Crippen molar-refractivity contribution in [3.05, 3.63) is 74.6 Å². The summed E-state index contributed by atoms with van der Waals surface area (Å²) in [4.78, 5) is 27.6. The first-order chi connectivity index (χ1) is 14.0.